The quantitative estimate of drug-likeness (QED) is 0.112. The third-order valence-corrected chi connectivity index (χ3v) is 6.44. The Morgan fingerprint density at radius 3 is 2.54 bits per heavy atom. The molecule has 9 heteroatoms. The molecule has 0 amide bonds. The average molecular weight is 596 g/mol. The van der Waals surface area contributed by atoms with E-state index in [0.717, 1.165) is 15.6 Å². The summed E-state index contributed by atoms with van der Waals surface area (Å²) in [6.45, 7) is 0. The number of benzene rings is 4. The Balaban J connectivity index is 1.34. The summed E-state index contributed by atoms with van der Waals surface area (Å²) >= 11 is 15.5. The number of aliphatic imine (C=N–C) groups is 1. The number of carbonyl (C=O) groups is 1. The fraction of sp³-hybridized carbons (Fsp3) is 0.0357. The summed E-state index contributed by atoms with van der Waals surface area (Å²) in [4.78, 5) is 21.7. The highest BCUT2D eigenvalue weighted by molar-refractivity contribution is 9.10. The zero-order chi connectivity index (χ0) is 25.9. The van der Waals surface area contributed by atoms with Gasteiger partial charge in [-0.05, 0) is 84.4 Å². The van der Waals surface area contributed by atoms with Gasteiger partial charge in [0.15, 0.2) is 17.1 Å². The Morgan fingerprint density at radius 2 is 1.78 bits per heavy atom. The molecule has 0 aliphatic rings. The average Bonchev–Trinajstić information content (AvgIpc) is 3.32. The number of halogens is 3. The molecular formula is C28H17BrCl2N2O4. The van der Waals surface area contributed by atoms with Gasteiger partial charge in [0.05, 0.1) is 23.4 Å². The van der Waals surface area contributed by atoms with Crippen LogP contribution >= 0.6 is 39.1 Å². The fourth-order valence-electron chi connectivity index (χ4n) is 3.52. The number of hydrogen-bond acceptors (Lipinski definition) is 6. The molecule has 37 heavy (non-hydrogen) atoms. The molecule has 1 heterocycles. The normalized spacial score (nSPS) is 11.2. The van der Waals surface area contributed by atoms with Gasteiger partial charge in [-0.15, -0.1) is 0 Å². The van der Waals surface area contributed by atoms with Gasteiger partial charge >= 0.3 is 5.97 Å². The Kier molecular flexibility index (Phi) is 7.28. The number of esters is 1. The number of rotatable bonds is 6. The van der Waals surface area contributed by atoms with Crippen molar-refractivity contribution in [2.75, 3.05) is 7.11 Å². The van der Waals surface area contributed by atoms with Crippen molar-refractivity contribution in [3.8, 4) is 23.0 Å². The van der Waals surface area contributed by atoms with E-state index in [0.29, 0.717) is 33.4 Å². The predicted molar refractivity (Wildman–Crippen MR) is 149 cm³/mol. The molecular weight excluding hydrogens is 579 g/mol. The van der Waals surface area contributed by atoms with Gasteiger partial charge in [-0.1, -0.05) is 39.1 Å². The monoisotopic (exact) mass is 594 g/mol. The number of oxazole rings is 1. The van der Waals surface area contributed by atoms with Crippen LogP contribution in [0.4, 0.5) is 5.69 Å². The summed E-state index contributed by atoms with van der Waals surface area (Å²) in [5.74, 6) is 0.539. The molecule has 184 valence electrons. The molecule has 0 atom stereocenters. The van der Waals surface area contributed by atoms with Crippen LogP contribution in [0.5, 0.6) is 11.5 Å². The second-order valence-electron chi connectivity index (χ2n) is 7.86. The molecule has 0 saturated heterocycles. The number of fused-ring (bicyclic) bond motifs is 1. The van der Waals surface area contributed by atoms with Gasteiger partial charge in [0.2, 0.25) is 5.89 Å². The van der Waals surface area contributed by atoms with Crippen LogP contribution in [-0.4, -0.2) is 24.3 Å². The largest absolute Gasteiger partial charge is 0.493 e. The van der Waals surface area contributed by atoms with Crippen molar-refractivity contribution in [3.05, 3.63) is 105 Å². The molecule has 6 nitrogen and oxygen atoms in total. The zero-order valence-electron chi connectivity index (χ0n) is 19.2. The van der Waals surface area contributed by atoms with Crippen molar-refractivity contribution in [2.24, 2.45) is 4.99 Å². The first kappa shape index (κ1) is 25.0. The van der Waals surface area contributed by atoms with Crippen LogP contribution in [-0.2, 0) is 0 Å². The first-order chi connectivity index (χ1) is 17.9. The molecule has 0 radical (unpaired) electrons. The van der Waals surface area contributed by atoms with Gasteiger partial charge in [0, 0.05) is 21.3 Å². The second-order valence-corrected chi connectivity index (χ2v) is 9.62. The lowest BCUT2D eigenvalue weighted by molar-refractivity contribution is 0.0730. The first-order valence-corrected chi connectivity index (χ1v) is 12.5. The standard InChI is InChI=1S/C28H17BrCl2N2O4/c1-35-26-12-16(2-10-25(26)37-28(34)21-9-7-19(30)13-22(21)31)15-32-20-8-11-24-23(14-20)33-27(36-24)17-3-5-18(29)6-4-17/h2-15H,1H3. The fourth-order valence-corrected chi connectivity index (χ4v) is 4.27. The highest BCUT2D eigenvalue weighted by Crippen LogP contribution is 2.31. The molecule has 0 fully saturated rings. The Hall–Kier alpha value is -3.65. The van der Waals surface area contributed by atoms with E-state index in [1.165, 1.54) is 19.2 Å². The van der Waals surface area contributed by atoms with E-state index >= 15 is 0 Å². The van der Waals surface area contributed by atoms with Gasteiger partial charge in [-0.25, -0.2) is 9.78 Å². The minimum absolute atomic E-state index is 0.199. The van der Waals surface area contributed by atoms with E-state index in [-0.39, 0.29) is 16.3 Å². The number of carbonyl (C=O) groups excluding carboxylic acids is 1. The molecule has 5 rings (SSSR count). The van der Waals surface area contributed by atoms with Crippen molar-refractivity contribution in [3.63, 3.8) is 0 Å². The molecule has 0 spiro atoms. The van der Waals surface area contributed by atoms with Crippen molar-refractivity contribution >= 4 is 68.1 Å². The smallest absolute Gasteiger partial charge is 0.345 e. The van der Waals surface area contributed by atoms with Gasteiger partial charge in [0.1, 0.15) is 5.52 Å². The van der Waals surface area contributed by atoms with Gasteiger partial charge in [-0.2, -0.15) is 0 Å². The highest BCUT2D eigenvalue weighted by Gasteiger charge is 2.16. The number of hydrogen-bond donors (Lipinski definition) is 0. The van der Waals surface area contributed by atoms with E-state index in [1.807, 2.05) is 42.5 Å². The maximum absolute atomic E-state index is 12.6. The van der Waals surface area contributed by atoms with Crippen molar-refractivity contribution in [1.82, 2.24) is 4.98 Å². The van der Waals surface area contributed by atoms with Gasteiger partial charge in [0.25, 0.3) is 0 Å². The summed E-state index contributed by atoms with van der Waals surface area (Å²) in [5.41, 5.74) is 3.91. The topological polar surface area (TPSA) is 73.9 Å². The highest BCUT2D eigenvalue weighted by atomic mass is 79.9. The SMILES string of the molecule is COc1cc(C=Nc2ccc3oc(-c4ccc(Br)cc4)nc3c2)ccc1OC(=O)c1ccc(Cl)cc1Cl. The van der Waals surface area contributed by atoms with E-state index in [4.69, 9.17) is 37.1 Å². The molecule has 5 aromatic rings. The van der Waals surface area contributed by atoms with E-state index in [1.54, 1.807) is 30.5 Å². The first-order valence-electron chi connectivity index (χ1n) is 11.0. The Labute approximate surface area is 230 Å². The zero-order valence-corrected chi connectivity index (χ0v) is 22.3. The number of methoxy groups -OCH3 is 1. The lowest BCUT2D eigenvalue weighted by Crippen LogP contribution is -2.10. The second kappa shape index (κ2) is 10.8. The number of ether oxygens (including phenoxy) is 2. The van der Waals surface area contributed by atoms with E-state index in [9.17, 15) is 4.79 Å². The Morgan fingerprint density at radius 1 is 0.973 bits per heavy atom. The lowest BCUT2D eigenvalue weighted by atomic mass is 10.2. The maximum Gasteiger partial charge on any atom is 0.345 e. The van der Waals surface area contributed by atoms with E-state index < -0.39 is 5.97 Å². The summed E-state index contributed by atoms with van der Waals surface area (Å²) in [6.07, 6.45) is 1.68. The van der Waals surface area contributed by atoms with Crippen LogP contribution in [0.3, 0.4) is 0 Å². The Bertz CT molecular complexity index is 1650. The third-order valence-electron chi connectivity index (χ3n) is 5.37. The molecule has 0 aliphatic heterocycles. The van der Waals surface area contributed by atoms with Crippen molar-refractivity contribution in [2.45, 2.75) is 0 Å². The number of aromatic nitrogens is 1. The van der Waals surface area contributed by atoms with Crippen LogP contribution in [0.15, 0.2) is 92.7 Å². The summed E-state index contributed by atoms with van der Waals surface area (Å²) in [7, 11) is 1.49. The molecule has 0 saturated carbocycles. The molecule has 0 unspecified atom stereocenters. The lowest BCUT2D eigenvalue weighted by Gasteiger charge is -2.10. The van der Waals surface area contributed by atoms with Crippen LogP contribution in [0.1, 0.15) is 15.9 Å². The molecule has 4 aromatic carbocycles. The van der Waals surface area contributed by atoms with Gasteiger partial charge in [-0.3, -0.25) is 4.99 Å². The summed E-state index contributed by atoms with van der Waals surface area (Å²) < 4.78 is 17.8. The van der Waals surface area contributed by atoms with Gasteiger partial charge < -0.3 is 13.9 Å². The van der Waals surface area contributed by atoms with Crippen LogP contribution in [0.25, 0.3) is 22.6 Å². The van der Waals surface area contributed by atoms with E-state index in [2.05, 4.69) is 25.9 Å². The minimum Gasteiger partial charge on any atom is -0.493 e. The molecule has 1 aromatic heterocycles. The van der Waals surface area contributed by atoms with Crippen molar-refractivity contribution < 1.29 is 18.7 Å². The van der Waals surface area contributed by atoms with Crippen molar-refractivity contribution in [1.29, 1.82) is 0 Å². The summed E-state index contributed by atoms with van der Waals surface area (Å²) in [5, 5.41) is 0.628. The molecule has 0 aliphatic carbocycles. The number of nitrogens with zero attached hydrogens (tertiary/aromatic N) is 2. The predicted octanol–water partition coefficient (Wildman–Crippen LogP) is 8.54. The van der Waals surface area contributed by atoms with Crippen LogP contribution in [0, 0.1) is 0 Å². The molecule has 0 N–H and O–H groups in total. The maximum atomic E-state index is 12.6. The third kappa shape index (κ3) is 5.69. The molecule has 0 bridgehead atoms. The van der Waals surface area contributed by atoms with Crippen LogP contribution < -0.4 is 9.47 Å². The summed E-state index contributed by atoms with van der Waals surface area (Å²) in [6, 6.07) is 22.9. The van der Waals surface area contributed by atoms with Crippen LogP contribution in [0.2, 0.25) is 10.0 Å². The minimum atomic E-state index is -0.621.